The summed E-state index contributed by atoms with van der Waals surface area (Å²) in [4.78, 5) is 24.1. The minimum Gasteiger partial charge on any atom is -0.496 e. The van der Waals surface area contributed by atoms with E-state index in [0.29, 0.717) is 5.56 Å². The summed E-state index contributed by atoms with van der Waals surface area (Å²) in [5, 5.41) is 5.06. The molecule has 2 aromatic carbocycles. The summed E-state index contributed by atoms with van der Waals surface area (Å²) in [5.41, 5.74) is 1.37. The number of ether oxygens (including phenoxy) is 2. The Balaban J connectivity index is 2.15. The van der Waals surface area contributed by atoms with Gasteiger partial charge >= 0.3 is 5.97 Å². The van der Waals surface area contributed by atoms with Crippen molar-refractivity contribution >= 4 is 21.8 Å². The van der Waals surface area contributed by atoms with Crippen LogP contribution in [0.4, 0.5) is 0 Å². The van der Waals surface area contributed by atoms with Crippen LogP contribution in [0.5, 0.6) is 5.75 Å². The Labute approximate surface area is 151 Å². The number of hydrogen-bond acceptors (Lipinski definition) is 6. The highest BCUT2D eigenvalue weighted by Crippen LogP contribution is 2.23. The van der Waals surface area contributed by atoms with E-state index in [0.717, 1.165) is 18.1 Å². The maximum Gasteiger partial charge on any atom is 0.342 e. The van der Waals surface area contributed by atoms with Gasteiger partial charge in [-0.05, 0) is 30.2 Å². The normalized spacial score (nSPS) is 11.0. The number of rotatable bonds is 7. The molecular weight excluding hydrogens is 358 g/mol. The van der Waals surface area contributed by atoms with Gasteiger partial charge in [0.2, 0.25) is 10.0 Å². The lowest BCUT2D eigenvalue weighted by Crippen LogP contribution is -2.17. The number of carbonyl (C=O) groups is 2. The molecule has 0 unspecified atom stereocenters. The van der Waals surface area contributed by atoms with E-state index >= 15 is 0 Å². The molecule has 0 aliphatic heterocycles. The van der Waals surface area contributed by atoms with E-state index in [1.54, 1.807) is 12.1 Å². The molecule has 2 rings (SSSR count). The lowest BCUT2D eigenvalue weighted by atomic mass is 10.1. The average molecular weight is 377 g/mol. The first-order chi connectivity index (χ1) is 12.3. The maximum absolute atomic E-state index is 12.2. The van der Waals surface area contributed by atoms with Crippen molar-refractivity contribution in [3.8, 4) is 5.75 Å². The van der Waals surface area contributed by atoms with Crippen LogP contribution in [0.15, 0.2) is 47.4 Å². The monoisotopic (exact) mass is 377 g/mol. The Kier molecular flexibility index (Phi) is 6.12. The van der Waals surface area contributed by atoms with Crippen LogP contribution in [-0.4, -0.2) is 33.9 Å². The van der Waals surface area contributed by atoms with Crippen molar-refractivity contribution < 1.29 is 27.5 Å². The first-order valence-corrected chi connectivity index (χ1v) is 9.31. The average Bonchev–Trinajstić information content (AvgIpc) is 2.64. The summed E-state index contributed by atoms with van der Waals surface area (Å²) in [6, 6.07) is 10.5. The molecule has 0 aliphatic rings. The second-order valence-electron chi connectivity index (χ2n) is 5.46. The fourth-order valence-corrected chi connectivity index (χ4v) is 2.78. The van der Waals surface area contributed by atoms with Gasteiger partial charge in [-0.2, -0.15) is 0 Å². The molecule has 138 valence electrons. The summed E-state index contributed by atoms with van der Waals surface area (Å²) >= 11 is 0. The zero-order chi connectivity index (χ0) is 19.3. The van der Waals surface area contributed by atoms with Gasteiger partial charge in [0.1, 0.15) is 11.3 Å². The van der Waals surface area contributed by atoms with E-state index in [1.807, 2.05) is 19.1 Å². The van der Waals surface area contributed by atoms with Crippen LogP contribution in [0.3, 0.4) is 0 Å². The number of aryl methyl sites for hydroxylation is 1. The number of carbonyl (C=O) groups excluding carboxylic acids is 2. The van der Waals surface area contributed by atoms with Crippen LogP contribution in [0.25, 0.3) is 0 Å². The fraction of sp³-hybridized carbons (Fsp3) is 0.222. The Hall–Kier alpha value is -2.71. The summed E-state index contributed by atoms with van der Waals surface area (Å²) in [6.45, 7) is 1.52. The smallest absolute Gasteiger partial charge is 0.342 e. The van der Waals surface area contributed by atoms with Gasteiger partial charge in [-0.1, -0.05) is 31.2 Å². The highest BCUT2D eigenvalue weighted by molar-refractivity contribution is 7.89. The van der Waals surface area contributed by atoms with Gasteiger partial charge in [0, 0.05) is 5.56 Å². The molecule has 2 aromatic rings. The minimum absolute atomic E-state index is 0.113. The molecule has 0 atom stereocenters. The standard InChI is InChI=1S/C18H19NO6S/c1-3-12-4-6-13(7-5-12)16(20)11-25-18(21)15-10-14(26(19,22)23)8-9-17(15)24-2/h4-10H,3,11H2,1-2H3,(H2,19,22,23). The number of primary sulfonamides is 1. The molecule has 2 N–H and O–H groups in total. The van der Waals surface area contributed by atoms with E-state index in [1.165, 1.54) is 19.2 Å². The molecule has 0 saturated carbocycles. The van der Waals surface area contributed by atoms with Crippen molar-refractivity contribution in [1.82, 2.24) is 0 Å². The topological polar surface area (TPSA) is 113 Å². The summed E-state index contributed by atoms with van der Waals surface area (Å²) in [6.07, 6.45) is 0.851. The molecule has 0 spiro atoms. The molecular formula is C18H19NO6S. The van der Waals surface area contributed by atoms with Crippen LogP contribution in [-0.2, 0) is 21.2 Å². The third-order valence-electron chi connectivity index (χ3n) is 3.74. The molecule has 0 bridgehead atoms. The Bertz CT molecular complexity index is 919. The highest BCUT2D eigenvalue weighted by Gasteiger charge is 2.19. The second kappa shape index (κ2) is 8.11. The van der Waals surface area contributed by atoms with Crippen molar-refractivity contribution in [2.24, 2.45) is 5.14 Å². The number of sulfonamides is 1. The van der Waals surface area contributed by atoms with Crippen molar-refractivity contribution in [3.63, 3.8) is 0 Å². The predicted octanol–water partition coefficient (Wildman–Crippen LogP) is 1.94. The van der Waals surface area contributed by atoms with Gasteiger partial charge < -0.3 is 9.47 Å². The summed E-state index contributed by atoms with van der Waals surface area (Å²) in [7, 11) is -2.67. The number of esters is 1. The van der Waals surface area contributed by atoms with Crippen LogP contribution >= 0.6 is 0 Å². The van der Waals surface area contributed by atoms with Crippen LogP contribution < -0.4 is 9.88 Å². The molecule has 8 heteroatoms. The van der Waals surface area contributed by atoms with Gasteiger partial charge in [-0.3, -0.25) is 4.79 Å². The summed E-state index contributed by atoms with van der Waals surface area (Å²) < 4.78 is 32.9. The number of benzene rings is 2. The molecule has 26 heavy (non-hydrogen) atoms. The molecule has 0 aromatic heterocycles. The van der Waals surface area contributed by atoms with E-state index < -0.39 is 22.6 Å². The van der Waals surface area contributed by atoms with Gasteiger partial charge in [0.05, 0.1) is 12.0 Å². The van der Waals surface area contributed by atoms with Crippen molar-refractivity contribution in [3.05, 3.63) is 59.2 Å². The molecule has 0 saturated heterocycles. The lowest BCUT2D eigenvalue weighted by Gasteiger charge is -2.10. The number of nitrogens with two attached hydrogens (primary N) is 1. The van der Waals surface area contributed by atoms with Crippen molar-refractivity contribution in [2.75, 3.05) is 13.7 Å². The van der Waals surface area contributed by atoms with Gasteiger partial charge in [-0.25, -0.2) is 18.4 Å². The Morgan fingerprint density at radius 2 is 1.73 bits per heavy atom. The van der Waals surface area contributed by atoms with Gasteiger partial charge in [0.15, 0.2) is 12.4 Å². The molecule has 0 heterocycles. The number of methoxy groups -OCH3 is 1. The van der Waals surface area contributed by atoms with Crippen LogP contribution in [0.2, 0.25) is 0 Å². The van der Waals surface area contributed by atoms with Crippen molar-refractivity contribution in [2.45, 2.75) is 18.2 Å². The SMILES string of the molecule is CCc1ccc(C(=O)COC(=O)c2cc(S(N)(=O)=O)ccc2OC)cc1. The third-order valence-corrected chi connectivity index (χ3v) is 4.65. The van der Waals surface area contributed by atoms with E-state index in [-0.39, 0.29) is 22.0 Å². The van der Waals surface area contributed by atoms with E-state index in [9.17, 15) is 18.0 Å². The zero-order valence-electron chi connectivity index (χ0n) is 14.4. The molecule has 0 amide bonds. The fourth-order valence-electron chi connectivity index (χ4n) is 2.24. The van der Waals surface area contributed by atoms with Gasteiger partial charge in [0.25, 0.3) is 0 Å². The van der Waals surface area contributed by atoms with Crippen LogP contribution in [0.1, 0.15) is 33.2 Å². The number of hydrogen-bond donors (Lipinski definition) is 1. The quantitative estimate of drug-likeness (QED) is 0.583. The Morgan fingerprint density at radius 3 is 2.27 bits per heavy atom. The van der Waals surface area contributed by atoms with Crippen LogP contribution in [0, 0.1) is 0 Å². The number of Topliss-reactive ketones (excluding diaryl/α,β-unsaturated/α-hetero) is 1. The minimum atomic E-state index is -4.00. The zero-order valence-corrected chi connectivity index (χ0v) is 15.2. The van der Waals surface area contributed by atoms with E-state index in [4.69, 9.17) is 14.6 Å². The van der Waals surface area contributed by atoms with Gasteiger partial charge in [-0.15, -0.1) is 0 Å². The molecule has 7 nitrogen and oxygen atoms in total. The highest BCUT2D eigenvalue weighted by atomic mass is 32.2. The first-order valence-electron chi connectivity index (χ1n) is 7.76. The largest absolute Gasteiger partial charge is 0.496 e. The first kappa shape index (κ1) is 19.6. The molecule has 0 radical (unpaired) electrons. The third kappa shape index (κ3) is 4.68. The van der Waals surface area contributed by atoms with Crippen molar-refractivity contribution in [1.29, 1.82) is 0 Å². The molecule has 0 fully saturated rings. The number of ketones is 1. The summed E-state index contributed by atoms with van der Waals surface area (Å²) in [5.74, 6) is -1.14. The van der Waals surface area contributed by atoms with E-state index in [2.05, 4.69) is 0 Å². The maximum atomic E-state index is 12.2. The second-order valence-corrected chi connectivity index (χ2v) is 7.02. The Morgan fingerprint density at radius 1 is 1.08 bits per heavy atom. The predicted molar refractivity (Wildman–Crippen MR) is 94.8 cm³/mol. The lowest BCUT2D eigenvalue weighted by molar-refractivity contribution is 0.0471. The molecule has 0 aliphatic carbocycles.